The molecule has 28 heavy (non-hydrogen) atoms. The molecule has 1 amide bonds. The van der Waals surface area contributed by atoms with Gasteiger partial charge in [0.15, 0.2) is 6.61 Å². The van der Waals surface area contributed by atoms with Gasteiger partial charge < -0.3 is 10.1 Å². The van der Waals surface area contributed by atoms with Gasteiger partial charge in [-0.15, -0.1) is 0 Å². The molecular weight excluding hydrogens is 354 g/mol. The minimum atomic E-state index is -0.499. The van der Waals surface area contributed by atoms with Crippen LogP contribution in [0.15, 0.2) is 30.3 Å². The lowest BCUT2D eigenvalue weighted by Gasteiger charge is -2.29. The van der Waals surface area contributed by atoms with Gasteiger partial charge in [0.2, 0.25) is 0 Å². The van der Waals surface area contributed by atoms with Crippen molar-refractivity contribution in [1.82, 2.24) is 15.1 Å². The number of rotatable bonds is 6. The Bertz CT molecular complexity index is 829. The Morgan fingerprint density at radius 2 is 1.89 bits per heavy atom. The second-order valence-corrected chi connectivity index (χ2v) is 7.70. The first-order chi connectivity index (χ1) is 13.5. The lowest BCUT2D eigenvalue weighted by Crippen LogP contribution is -2.42. The molecule has 6 heteroatoms. The fourth-order valence-electron chi connectivity index (χ4n) is 3.89. The molecule has 0 aliphatic heterocycles. The molecule has 2 atom stereocenters. The Labute approximate surface area is 166 Å². The van der Waals surface area contributed by atoms with Gasteiger partial charge in [0.05, 0.1) is 17.9 Å². The fraction of sp³-hybridized carbons (Fsp3) is 0.500. The first kappa shape index (κ1) is 20.1. The number of ether oxygens (including phenoxy) is 1. The van der Waals surface area contributed by atoms with Crippen molar-refractivity contribution in [1.29, 1.82) is 0 Å². The third-order valence-electron chi connectivity index (χ3n) is 5.55. The van der Waals surface area contributed by atoms with Crippen molar-refractivity contribution in [3.8, 4) is 0 Å². The van der Waals surface area contributed by atoms with E-state index in [1.165, 1.54) is 6.42 Å². The van der Waals surface area contributed by atoms with Gasteiger partial charge in [-0.1, -0.05) is 50.1 Å². The quantitative estimate of drug-likeness (QED) is 0.776. The molecule has 0 spiro atoms. The largest absolute Gasteiger partial charge is 0.452 e. The molecule has 1 fully saturated rings. The summed E-state index contributed by atoms with van der Waals surface area (Å²) in [6.45, 7) is 6.12. The van der Waals surface area contributed by atoms with Crippen LogP contribution < -0.4 is 5.32 Å². The Balaban J connectivity index is 1.59. The molecule has 1 saturated carbocycles. The van der Waals surface area contributed by atoms with E-state index in [0.717, 1.165) is 30.5 Å². The highest BCUT2D eigenvalue weighted by molar-refractivity contribution is 5.93. The summed E-state index contributed by atoms with van der Waals surface area (Å²) in [5.41, 5.74) is 2.90. The molecule has 0 unspecified atom stereocenters. The number of hydrogen-bond donors (Lipinski definition) is 1. The third kappa shape index (κ3) is 4.80. The van der Waals surface area contributed by atoms with Crippen LogP contribution in [0.3, 0.4) is 0 Å². The summed E-state index contributed by atoms with van der Waals surface area (Å²) >= 11 is 0. The maximum atomic E-state index is 12.6. The van der Waals surface area contributed by atoms with Crippen molar-refractivity contribution in [3.05, 3.63) is 52.8 Å². The first-order valence-corrected chi connectivity index (χ1v) is 10.00. The molecule has 0 bridgehead atoms. The van der Waals surface area contributed by atoms with E-state index in [1.807, 2.05) is 37.3 Å². The summed E-state index contributed by atoms with van der Waals surface area (Å²) in [6.07, 6.45) is 4.47. The van der Waals surface area contributed by atoms with Crippen molar-refractivity contribution in [3.63, 3.8) is 0 Å². The molecule has 150 valence electrons. The van der Waals surface area contributed by atoms with Crippen LogP contribution in [-0.4, -0.2) is 34.3 Å². The number of nitrogens with zero attached hydrogens (tertiary/aromatic N) is 2. The van der Waals surface area contributed by atoms with Gasteiger partial charge in [-0.05, 0) is 38.2 Å². The monoisotopic (exact) mass is 383 g/mol. The second-order valence-electron chi connectivity index (χ2n) is 7.70. The highest BCUT2D eigenvalue weighted by atomic mass is 16.5. The smallest absolute Gasteiger partial charge is 0.342 e. The first-order valence-electron chi connectivity index (χ1n) is 10.00. The molecule has 1 aliphatic carbocycles. The van der Waals surface area contributed by atoms with Gasteiger partial charge in [-0.2, -0.15) is 5.10 Å². The number of carbonyl (C=O) groups is 2. The summed E-state index contributed by atoms with van der Waals surface area (Å²) in [6, 6.07) is 10.1. The van der Waals surface area contributed by atoms with E-state index in [9.17, 15) is 9.59 Å². The van der Waals surface area contributed by atoms with Crippen LogP contribution in [0, 0.1) is 19.8 Å². The third-order valence-corrected chi connectivity index (χ3v) is 5.55. The molecule has 0 saturated heterocycles. The SMILES string of the molecule is Cc1nn(Cc2ccccc2)c(C)c1C(=O)OCC(=O)N[C@@H]1CCCC[C@@H]1C. The number of aromatic nitrogens is 2. The van der Waals surface area contributed by atoms with E-state index >= 15 is 0 Å². The molecule has 1 aromatic carbocycles. The summed E-state index contributed by atoms with van der Waals surface area (Å²) in [4.78, 5) is 24.8. The number of amides is 1. The summed E-state index contributed by atoms with van der Waals surface area (Å²) in [7, 11) is 0. The standard InChI is InChI=1S/C22H29N3O3/c1-15-9-7-8-12-19(15)23-20(26)14-28-22(27)21-16(2)24-25(17(21)3)13-18-10-5-4-6-11-18/h4-6,10-11,15,19H,7-9,12-14H2,1-3H3,(H,23,26)/t15-,19+/m0/s1. The number of nitrogens with one attached hydrogen (secondary N) is 1. The van der Waals surface area contributed by atoms with Gasteiger partial charge in [-0.25, -0.2) is 4.79 Å². The molecule has 6 nitrogen and oxygen atoms in total. The number of benzene rings is 1. The van der Waals surface area contributed by atoms with Gasteiger partial charge in [0, 0.05) is 6.04 Å². The molecule has 2 aromatic rings. The van der Waals surface area contributed by atoms with Crippen molar-refractivity contribution in [2.24, 2.45) is 5.92 Å². The summed E-state index contributed by atoms with van der Waals surface area (Å²) in [5, 5.41) is 7.48. The van der Waals surface area contributed by atoms with Crippen LogP contribution >= 0.6 is 0 Å². The van der Waals surface area contributed by atoms with E-state index in [4.69, 9.17) is 4.74 Å². The van der Waals surface area contributed by atoms with Gasteiger partial charge in [-0.3, -0.25) is 9.48 Å². The van der Waals surface area contributed by atoms with Crippen LogP contribution in [0.2, 0.25) is 0 Å². The Hall–Kier alpha value is -2.63. The minimum absolute atomic E-state index is 0.178. The Morgan fingerprint density at radius 1 is 1.18 bits per heavy atom. The zero-order chi connectivity index (χ0) is 20.1. The van der Waals surface area contributed by atoms with E-state index in [0.29, 0.717) is 23.7 Å². The molecule has 1 aliphatic rings. The number of esters is 1. The van der Waals surface area contributed by atoms with E-state index < -0.39 is 5.97 Å². The van der Waals surface area contributed by atoms with Crippen LogP contribution in [0.4, 0.5) is 0 Å². The van der Waals surface area contributed by atoms with Gasteiger partial charge in [0.25, 0.3) is 5.91 Å². The molecule has 1 heterocycles. The molecule has 3 rings (SSSR count). The fourth-order valence-corrected chi connectivity index (χ4v) is 3.89. The van der Waals surface area contributed by atoms with Crippen LogP contribution in [-0.2, 0) is 16.1 Å². The Kier molecular flexibility index (Phi) is 6.49. The Morgan fingerprint density at radius 3 is 2.61 bits per heavy atom. The molecule has 0 radical (unpaired) electrons. The van der Waals surface area contributed by atoms with Gasteiger partial charge >= 0.3 is 5.97 Å². The van der Waals surface area contributed by atoms with Crippen LogP contribution in [0.1, 0.15) is 59.9 Å². The highest BCUT2D eigenvalue weighted by Crippen LogP contribution is 2.23. The van der Waals surface area contributed by atoms with Crippen LogP contribution in [0.25, 0.3) is 0 Å². The maximum absolute atomic E-state index is 12.6. The second kappa shape index (κ2) is 9.04. The summed E-state index contributed by atoms with van der Waals surface area (Å²) in [5.74, 6) is -0.269. The van der Waals surface area contributed by atoms with E-state index in [1.54, 1.807) is 11.6 Å². The highest BCUT2D eigenvalue weighted by Gasteiger charge is 2.24. The molecule has 1 aromatic heterocycles. The maximum Gasteiger partial charge on any atom is 0.342 e. The number of carbonyl (C=O) groups excluding carboxylic acids is 2. The topological polar surface area (TPSA) is 73.2 Å². The van der Waals surface area contributed by atoms with Crippen molar-refractivity contribution in [2.75, 3.05) is 6.61 Å². The number of aryl methyl sites for hydroxylation is 1. The number of hydrogen-bond acceptors (Lipinski definition) is 4. The molecule has 1 N–H and O–H groups in total. The zero-order valence-electron chi connectivity index (χ0n) is 16.9. The van der Waals surface area contributed by atoms with E-state index in [-0.39, 0.29) is 18.6 Å². The van der Waals surface area contributed by atoms with E-state index in [2.05, 4.69) is 17.3 Å². The van der Waals surface area contributed by atoms with Crippen LogP contribution in [0.5, 0.6) is 0 Å². The average molecular weight is 383 g/mol. The normalized spacial score (nSPS) is 19.2. The lowest BCUT2D eigenvalue weighted by atomic mass is 9.86. The molecular formula is C22H29N3O3. The lowest BCUT2D eigenvalue weighted by molar-refractivity contribution is -0.125. The summed E-state index contributed by atoms with van der Waals surface area (Å²) < 4.78 is 7.08. The zero-order valence-corrected chi connectivity index (χ0v) is 16.9. The van der Waals surface area contributed by atoms with Crippen molar-refractivity contribution < 1.29 is 14.3 Å². The average Bonchev–Trinajstić information content (AvgIpc) is 2.96. The predicted octanol–water partition coefficient (Wildman–Crippen LogP) is 3.40. The minimum Gasteiger partial charge on any atom is -0.452 e. The van der Waals surface area contributed by atoms with Crippen molar-refractivity contribution >= 4 is 11.9 Å². The van der Waals surface area contributed by atoms with Crippen molar-refractivity contribution in [2.45, 2.75) is 59.0 Å². The predicted molar refractivity (Wildman–Crippen MR) is 107 cm³/mol. The van der Waals surface area contributed by atoms with Gasteiger partial charge in [0.1, 0.15) is 5.56 Å².